The fourth-order valence-electron chi connectivity index (χ4n) is 3.93. The number of likely N-dealkylation sites (tertiary alicyclic amines) is 1. The zero-order valence-corrected chi connectivity index (χ0v) is 18.7. The number of sulfone groups is 1. The highest BCUT2D eigenvalue weighted by atomic mass is 127. The maximum absolute atomic E-state index is 11.6. The van der Waals surface area contributed by atoms with Crippen molar-refractivity contribution in [3.63, 3.8) is 0 Å². The van der Waals surface area contributed by atoms with Gasteiger partial charge in [-0.1, -0.05) is 27.7 Å². The van der Waals surface area contributed by atoms with Crippen LogP contribution in [0.2, 0.25) is 0 Å². The van der Waals surface area contributed by atoms with Crippen LogP contribution in [-0.2, 0) is 9.84 Å². The lowest BCUT2D eigenvalue weighted by Gasteiger charge is -2.43. The van der Waals surface area contributed by atoms with Crippen LogP contribution in [0.4, 0.5) is 0 Å². The first-order valence-electron chi connectivity index (χ1n) is 8.94. The van der Waals surface area contributed by atoms with Crippen LogP contribution in [0.3, 0.4) is 0 Å². The Morgan fingerprint density at radius 1 is 1.38 bits per heavy atom. The van der Waals surface area contributed by atoms with Gasteiger partial charge in [0.1, 0.15) is 0 Å². The quantitative estimate of drug-likeness (QED) is 0.389. The SMILES string of the molecule is CCCNC(=NCC1CCS(=O)(=O)C1)N1CC(C)CC(C)(C)C1.I. The number of halogens is 1. The normalized spacial score (nSPS) is 29.2. The number of piperidine rings is 1. The molecule has 0 aliphatic carbocycles. The lowest BCUT2D eigenvalue weighted by atomic mass is 9.79. The second-order valence-corrected chi connectivity index (χ2v) is 10.4. The largest absolute Gasteiger partial charge is 0.356 e. The van der Waals surface area contributed by atoms with Crippen molar-refractivity contribution in [3.05, 3.63) is 0 Å². The molecular weight excluding hydrogens is 437 g/mol. The second kappa shape index (κ2) is 9.05. The minimum atomic E-state index is -2.82. The third-order valence-electron chi connectivity index (χ3n) is 4.71. The average molecular weight is 471 g/mol. The molecule has 2 saturated heterocycles. The van der Waals surface area contributed by atoms with E-state index in [1.54, 1.807) is 0 Å². The number of hydrogen-bond acceptors (Lipinski definition) is 3. The lowest BCUT2D eigenvalue weighted by molar-refractivity contribution is 0.129. The molecule has 24 heavy (non-hydrogen) atoms. The van der Waals surface area contributed by atoms with Gasteiger partial charge < -0.3 is 10.2 Å². The van der Waals surface area contributed by atoms with Crippen LogP contribution in [0, 0.1) is 17.3 Å². The predicted octanol–water partition coefficient (Wildman–Crippen LogP) is 2.76. The van der Waals surface area contributed by atoms with Crippen molar-refractivity contribution in [2.75, 3.05) is 37.7 Å². The average Bonchev–Trinajstić information content (AvgIpc) is 2.76. The Hall–Kier alpha value is -0.0500. The lowest BCUT2D eigenvalue weighted by Crippen LogP contribution is -2.51. The first kappa shape index (κ1) is 22.0. The predicted molar refractivity (Wildman–Crippen MR) is 112 cm³/mol. The molecular formula is C17H34IN3O2S. The highest BCUT2D eigenvalue weighted by Crippen LogP contribution is 2.32. The van der Waals surface area contributed by atoms with Crippen molar-refractivity contribution in [1.29, 1.82) is 0 Å². The van der Waals surface area contributed by atoms with Crippen molar-refractivity contribution < 1.29 is 8.42 Å². The second-order valence-electron chi connectivity index (χ2n) is 8.21. The van der Waals surface area contributed by atoms with Crippen molar-refractivity contribution in [1.82, 2.24) is 10.2 Å². The van der Waals surface area contributed by atoms with Gasteiger partial charge in [-0.15, -0.1) is 24.0 Å². The molecule has 0 aromatic rings. The molecule has 2 heterocycles. The number of guanidine groups is 1. The summed E-state index contributed by atoms with van der Waals surface area (Å²) in [6.45, 7) is 12.7. The third-order valence-corrected chi connectivity index (χ3v) is 6.55. The van der Waals surface area contributed by atoms with E-state index in [1.807, 2.05) is 0 Å². The first-order chi connectivity index (χ1) is 10.7. The van der Waals surface area contributed by atoms with E-state index in [0.717, 1.165) is 38.4 Å². The molecule has 2 rings (SSSR count). The fourth-order valence-corrected chi connectivity index (χ4v) is 5.78. The van der Waals surface area contributed by atoms with Crippen molar-refractivity contribution in [3.8, 4) is 0 Å². The van der Waals surface area contributed by atoms with Crippen LogP contribution in [0.1, 0.15) is 47.0 Å². The van der Waals surface area contributed by atoms with Gasteiger partial charge in [0.05, 0.1) is 11.5 Å². The highest BCUT2D eigenvalue weighted by molar-refractivity contribution is 14.0. The van der Waals surface area contributed by atoms with Gasteiger partial charge in [0.25, 0.3) is 0 Å². The third kappa shape index (κ3) is 6.69. The summed E-state index contributed by atoms with van der Waals surface area (Å²) in [4.78, 5) is 7.17. The smallest absolute Gasteiger partial charge is 0.193 e. The summed E-state index contributed by atoms with van der Waals surface area (Å²) in [5.41, 5.74) is 0.295. The van der Waals surface area contributed by atoms with Crippen LogP contribution >= 0.6 is 24.0 Å². The Labute approximate surface area is 165 Å². The molecule has 2 atom stereocenters. The van der Waals surface area contributed by atoms with Gasteiger partial charge in [-0.05, 0) is 36.5 Å². The molecule has 0 bridgehead atoms. The molecule has 5 nitrogen and oxygen atoms in total. The molecule has 2 fully saturated rings. The number of hydrogen-bond donors (Lipinski definition) is 1. The topological polar surface area (TPSA) is 61.8 Å². The van der Waals surface area contributed by atoms with E-state index in [4.69, 9.17) is 4.99 Å². The standard InChI is InChI=1S/C17H33N3O2S.HI/c1-5-7-18-16(19-10-15-6-8-23(21,22)12-15)20-11-14(2)9-17(3,4)13-20;/h14-15H,5-13H2,1-4H3,(H,18,19);1H. The molecule has 0 amide bonds. The van der Waals surface area contributed by atoms with E-state index in [1.165, 1.54) is 6.42 Å². The number of nitrogens with zero attached hydrogens (tertiary/aromatic N) is 2. The minimum absolute atomic E-state index is 0. The van der Waals surface area contributed by atoms with Crippen LogP contribution in [0.25, 0.3) is 0 Å². The molecule has 0 saturated carbocycles. The number of aliphatic imine (C=N–C) groups is 1. The summed E-state index contributed by atoms with van der Waals surface area (Å²) in [7, 11) is -2.82. The van der Waals surface area contributed by atoms with Crippen LogP contribution < -0.4 is 5.32 Å². The van der Waals surface area contributed by atoms with E-state index in [2.05, 4.69) is 37.9 Å². The maximum atomic E-state index is 11.6. The molecule has 142 valence electrons. The van der Waals surface area contributed by atoms with Gasteiger partial charge >= 0.3 is 0 Å². The Kier molecular flexibility index (Phi) is 8.29. The first-order valence-corrected chi connectivity index (χ1v) is 10.8. The van der Waals surface area contributed by atoms with E-state index >= 15 is 0 Å². The fraction of sp³-hybridized carbons (Fsp3) is 0.941. The molecule has 0 aromatic carbocycles. The number of nitrogens with one attached hydrogen (secondary N) is 1. The van der Waals surface area contributed by atoms with Gasteiger partial charge in [0.15, 0.2) is 15.8 Å². The minimum Gasteiger partial charge on any atom is -0.356 e. The van der Waals surface area contributed by atoms with Crippen LogP contribution in [0.5, 0.6) is 0 Å². The molecule has 0 spiro atoms. The Morgan fingerprint density at radius 3 is 2.62 bits per heavy atom. The molecule has 2 aliphatic rings. The molecule has 7 heteroatoms. The molecule has 2 aliphatic heterocycles. The monoisotopic (exact) mass is 471 g/mol. The van der Waals surface area contributed by atoms with Crippen molar-refractivity contribution in [2.24, 2.45) is 22.2 Å². The molecule has 0 aromatic heterocycles. The van der Waals surface area contributed by atoms with Gasteiger partial charge in [-0.3, -0.25) is 4.99 Å². The van der Waals surface area contributed by atoms with E-state index in [-0.39, 0.29) is 29.9 Å². The summed E-state index contributed by atoms with van der Waals surface area (Å²) in [6, 6.07) is 0. The van der Waals surface area contributed by atoms with E-state index in [0.29, 0.717) is 29.4 Å². The Balaban J connectivity index is 0.00000288. The zero-order valence-electron chi connectivity index (χ0n) is 15.5. The van der Waals surface area contributed by atoms with E-state index < -0.39 is 9.84 Å². The summed E-state index contributed by atoms with van der Waals surface area (Å²) < 4.78 is 23.2. The van der Waals surface area contributed by atoms with Crippen molar-refractivity contribution >= 4 is 39.8 Å². The molecule has 1 N–H and O–H groups in total. The summed E-state index contributed by atoms with van der Waals surface area (Å²) in [6.07, 6.45) is 3.06. The van der Waals surface area contributed by atoms with E-state index in [9.17, 15) is 8.42 Å². The summed E-state index contributed by atoms with van der Waals surface area (Å²) >= 11 is 0. The van der Waals surface area contributed by atoms with Crippen LogP contribution in [-0.4, -0.2) is 57.0 Å². The Bertz CT molecular complexity index is 534. The molecule has 2 unspecified atom stereocenters. The van der Waals surface area contributed by atoms with Crippen molar-refractivity contribution in [2.45, 2.75) is 47.0 Å². The summed E-state index contributed by atoms with van der Waals surface area (Å²) in [5.74, 6) is 2.45. The Morgan fingerprint density at radius 2 is 2.08 bits per heavy atom. The van der Waals surface area contributed by atoms with Gasteiger partial charge in [-0.2, -0.15) is 0 Å². The molecule has 0 radical (unpaired) electrons. The number of rotatable bonds is 4. The van der Waals surface area contributed by atoms with Gasteiger partial charge in [0, 0.05) is 26.2 Å². The zero-order chi connectivity index (χ0) is 17.1. The summed E-state index contributed by atoms with van der Waals surface area (Å²) in [5, 5.41) is 3.47. The maximum Gasteiger partial charge on any atom is 0.193 e. The van der Waals surface area contributed by atoms with Crippen LogP contribution in [0.15, 0.2) is 4.99 Å². The van der Waals surface area contributed by atoms with Gasteiger partial charge in [0.2, 0.25) is 0 Å². The van der Waals surface area contributed by atoms with Gasteiger partial charge in [-0.25, -0.2) is 8.42 Å². The highest BCUT2D eigenvalue weighted by Gasteiger charge is 2.32.